The Morgan fingerprint density at radius 2 is 2.10 bits per heavy atom. The van der Waals surface area contributed by atoms with Gasteiger partial charge < -0.3 is 5.32 Å². The predicted molar refractivity (Wildman–Crippen MR) is 114 cm³/mol. The first-order chi connectivity index (χ1) is 14.3. The molecule has 0 radical (unpaired) electrons. The number of rotatable bonds is 5. The molecular formula is C20H20ClN5O3S. The average molecular weight is 446 g/mol. The number of nitrogens with zero attached hydrogens (tertiary/aromatic N) is 4. The van der Waals surface area contributed by atoms with Crippen LogP contribution in [0.5, 0.6) is 0 Å². The lowest BCUT2D eigenvalue weighted by atomic mass is 10.1. The summed E-state index contributed by atoms with van der Waals surface area (Å²) in [6.07, 6.45) is 4.20. The van der Waals surface area contributed by atoms with Crippen LogP contribution in [0.25, 0.3) is 11.2 Å². The number of sulfone groups is 1. The molecule has 30 heavy (non-hydrogen) atoms. The van der Waals surface area contributed by atoms with Crippen LogP contribution in [0.2, 0.25) is 5.28 Å². The first-order valence-corrected chi connectivity index (χ1v) is 11.9. The van der Waals surface area contributed by atoms with E-state index in [0.29, 0.717) is 34.9 Å². The van der Waals surface area contributed by atoms with E-state index in [0.717, 1.165) is 24.0 Å². The van der Waals surface area contributed by atoms with Crippen molar-refractivity contribution in [2.45, 2.75) is 43.7 Å². The molecule has 0 bridgehead atoms. The van der Waals surface area contributed by atoms with Gasteiger partial charge in [-0.25, -0.2) is 18.4 Å². The van der Waals surface area contributed by atoms with Gasteiger partial charge in [0.2, 0.25) is 5.28 Å². The van der Waals surface area contributed by atoms with Gasteiger partial charge in [0.05, 0.1) is 16.8 Å². The normalized spacial score (nSPS) is 18.3. The minimum atomic E-state index is -3.15. The van der Waals surface area contributed by atoms with Crippen molar-refractivity contribution < 1.29 is 8.42 Å². The quantitative estimate of drug-likeness (QED) is 0.601. The lowest BCUT2D eigenvalue weighted by Crippen LogP contribution is -2.29. The van der Waals surface area contributed by atoms with Crippen molar-refractivity contribution in [1.29, 1.82) is 0 Å². The van der Waals surface area contributed by atoms with Crippen LogP contribution in [-0.4, -0.2) is 33.7 Å². The summed E-state index contributed by atoms with van der Waals surface area (Å²) in [5, 5.41) is 3.20. The lowest BCUT2D eigenvalue weighted by molar-refractivity contribution is 0.482. The number of aromatic nitrogens is 4. The van der Waals surface area contributed by atoms with Gasteiger partial charge in [-0.2, -0.15) is 4.98 Å². The van der Waals surface area contributed by atoms with Crippen molar-refractivity contribution in [3.63, 3.8) is 0 Å². The van der Waals surface area contributed by atoms with Crippen molar-refractivity contribution in [2.24, 2.45) is 5.92 Å². The summed E-state index contributed by atoms with van der Waals surface area (Å²) in [7, 11) is -3.15. The largest absolute Gasteiger partial charge is 0.361 e. The molecule has 1 saturated carbocycles. The third-order valence-corrected chi connectivity index (χ3v) is 7.87. The molecule has 10 heteroatoms. The number of nitrogens with one attached hydrogen (secondary N) is 1. The molecule has 5 rings (SSSR count). The smallest absolute Gasteiger partial charge is 0.295 e. The van der Waals surface area contributed by atoms with Gasteiger partial charge in [-0.3, -0.25) is 9.36 Å². The first kappa shape index (κ1) is 19.4. The number of halogens is 1. The van der Waals surface area contributed by atoms with Gasteiger partial charge >= 0.3 is 0 Å². The Morgan fingerprint density at radius 3 is 2.87 bits per heavy atom. The van der Waals surface area contributed by atoms with E-state index in [1.807, 2.05) is 13.0 Å². The Labute approximate surface area is 178 Å². The van der Waals surface area contributed by atoms with E-state index in [-0.39, 0.29) is 28.5 Å². The Balaban J connectivity index is 1.50. The fourth-order valence-electron chi connectivity index (χ4n) is 4.04. The third-order valence-electron chi connectivity index (χ3n) is 5.87. The summed E-state index contributed by atoms with van der Waals surface area (Å²) in [6.45, 7) is 2.37. The van der Waals surface area contributed by atoms with Gasteiger partial charge in [0.1, 0.15) is 5.52 Å². The molecule has 0 spiro atoms. The van der Waals surface area contributed by atoms with Crippen molar-refractivity contribution in [3.05, 3.63) is 51.2 Å². The molecule has 1 aromatic carbocycles. The van der Waals surface area contributed by atoms with Crippen LogP contribution in [0.3, 0.4) is 0 Å². The highest BCUT2D eigenvalue weighted by atomic mass is 35.5. The highest BCUT2D eigenvalue weighted by Gasteiger charge is 2.32. The van der Waals surface area contributed by atoms with Crippen molar-refractivity contribution >= 4 is 38.4 Å². The molecule has 8 nitrogen and oxygen atoms in total. The van der Waals surface area contributed by atoms with Gasteiger partial charge in [-0.1, -0.05) is 12.1 Å². The van der Waals surface area contributed by atoms with Crippen LogP contribution < -0.4 is 10.9 Å². The van der Waals surface area contributed by atoms with Crippen LogP contribution in [0.1, 0.15) is 36.9 Å². The number of anilines is 1. The minimum Gasteiger partial charge on any atom is -0.361 e. The Hall–Kier alpha value is -2.52. The molecule has 2 aliphatic rings. The van der Waals surface area contributed by atoms with Gasteiger partial charge in [-0.15, -0.1) is 0 Å². The van der Waals surface area contributed by atoms with E-state index < -0.39 is 9.84 Å². The fourth-order valence-corrected chi connectivity index (χ4v) is 5.72. The summed E-state index contributed by atoms with van der Waals surface area (Å²) in [4.78, 5) is 26.3. The van der Waals surface area contributed by atoms with Crippen LogP contribution in [-0.2, 0) is 22.8 Å². The molecule has 2 aromatic heterocycles. The molecule has 0 unspecified atom stereocenters. The minimum absolute atomic E-state index is 0.0142. The summed E-state index contributed by atoms with van der Waals surface area (Å²) in [5.74, 6) is 0.806. The number of hydrogen-bond acceptors (Lipinski definition) is 7. The maximum Gasteiger partial charge on any atom is 0.295 e. The molecule has 1 aliphatic heterocycles. The zero-order chi connectivity index (χ0) is 21.0. The zero-order valence-electron chi connectivity index (χ0n) is 16.3. The first-order valence-electron chi connectivity index (χ1n) is 9.87. The van der Waals surface area contributed by atoms with E-state index >= 15 is 0 Å². The van der Waals surface area contributed by atoms with Crippen LogP contribution >= 0.6 is 11.6 Å². The molecule has 3 heterocycles. The lowest BCUT2D eigenvalue weighted by Gasteiger charge is -2.18. The SMILES string of the molecule is C[C@@H](C1CC1)n1c(=O)c(NCc2ccc3c(c2)CCS3(=O)=O)nc2cnc(Cl)nc21. The van der Waals surface area contributed by atoms with E-state index in [4.69, 9.17) is 11.6 Å². The topological polar surface area (TPSA) is 107 Å². The van der Waals surface area contributed by atoms with Crippen LogP contribution in [0, 0.1) is 5.92 Å². The predicted octanol–water partition coefficient (Wildman–Crippen LogP) is 2.75. The summed E-state index contributed by atoms with van der Waals surface area (Å²) in [6, 6.07) is 5.28. The van der Waals surface area contributed by atoms with Crippen LogP contribution in [0.15, 0.2) is 34.1 Å². The molecule has 3 aromatic rings. The summed E-state index contributed by atoms with van der Waals surface area (Å²) >= 11 is 5.97. The molecule has 0 saturated heterocycles. The Bertz CT molecular complexity index is 1330. The molecular weight excluding hydrogens is 426 g/mol. The maximum absolute atomic E-state index is 13.2. The molecule has 1 aliphatic carbocycles. The van der Waals surface area contributed by atoms with E-state index in [2.05, 4.69) is 20.3 Å². The average Bonchev–Trinajstić information content (AvgIpc) is 3.52. The van der Waals surface area contributed by atoms with E-state index in [9.17, 15) is 13.2 Å². The van der Waals surface area contributed by atoms with Gasteiger partial charge in [0.25, 0.3) is 5.56 Å². The van der Waals surface area contributed by atoms with Gasteiger partial charge in [0.15, 0.2) is 21.3 Å². The van der Waals surface area contributed by atoms with Crippen molar-refractivity contribution in [2.75, 3.05) is 11.1 Å². The molecule has 1 atom stereocenters. The highest BCUT2D eigenvalue weighted by molar-refractivity contribution is 7.91. The molecule has 1 fully saturated rings. The fraction of sp³-hybridized carbons (Fsp3) is 0.400. The second-order valence-corrected chi connectivity index (χ2v) is 10.3. The van der Waals surface area contributed by atoms with Gasteiger partial charge in [0, 0.05) is 12.6 Å². The summed E-state index contributed by atoms with van der Waals surface area (Å²) < 4.78 is 25.7. The Kier molecular flexibility index (Phi) is 4.55. The van der Waals surface area contributed by atoms with Crippen molar-refractivity contribution in [3.8, 4) is 0 Å². The van der Waals surface area contributed by atoms with E-state index in [1.54, 1.807) is 16.7 Å². The van der Waals surface area contributed by atoms with Crippen molar-refractivity contribution in [1.82, 2.24) is 19.5 Å². The number of aryl methyl sites for hydroxylation is 1. The monoisotopic (exact) mass is 445 g/mol. The number of fused-ring (bicyclic) bond motifs is 2. The molecule has 1 N–H and O–H groups in total. The Morgan fingerprint density at radius 1 is 1.30 bits per heavy atom. The standard InChI is InChI=1S/C20H20ClN5O3S/c1-11(13-3-4-13)26-18-15(10-23-20(21)25-18)24-17(19(26)27)22-9-12-2-5-16-14(8-12)6-7-30(16,28)29/h2,5,8,10-11,13H,3-4,6-7,9H2,1H3,(H,22,24)/t11-/m0/s1. The second kappa shape index (κ2) is 7.02. The molecule has 0 amide bonds. The highest BCUT2D eigenvalue weighted by Crippen LogP contribution is 2.39. The number of benzene rings is 1. The van der Waals surface area contributed by atoms with E-state index in [1.165, 1.54) is 6.20 Å². The summed E-state index contributed by atoms with van der Waals surface area (Å²) in [5.41, 5.74) is 2.40. The second-order valence-electron chi connectivity index (χ2n) is 7.93. The number of hydrogen-bond donors (Lipinski definition) is 1. The van der Waals surface area contributed by atoms with Gasteiger partial charge in [-0.05, 0) is 60.9 Å². The zero-order valence-corrected chi connectivity index (χ0v) is 17.9. The maximum atomic E-state index is 13.2. The van der Waals surface area contributed by atoms with Crippen LogP contribution in [0.4, 0.5) is 5.82 Å². The third kappa shape index (κ3) is 3.35. The molecule has 156 valence electrons.